The maximum Gasteiger partial charge on any atom is 0.126 e. The van der Waals surface area contributed by atoms with Crippen LogP contribution in [0.15, 0.2) is 47.4 Å². The Bertz CT molecular complexity index is 550. The van der Waals surface area contributed by atoms with Crippen molar-refractivity contribution in [2.24, 2.45) is 5.73 Å². The minimum atomic E-state index is -0.542. The van der Waals surface area contributed by atoms with Gasteiger partial charge >= 0.3 is 0 Å². The Morgan fingerprint density at radius 1 is 1.11 bits per heavy atom. The standard InChI is InChI=1S/C15H15F2NS/c1-10(18)12-3-2-4-15(7-12)19-9-11-5-13(16)8-14(17)6-11/h2-8,10H,9,18H2,1H3. The summed E-state index contributed by atoms with van der Waals surface area (Å²) in [4.78, 5) is 1.04. The van der Waals surface area contributed by atoms with Crippen LogP contribution >= 0.6 is 11.8 Å². The predicted molar refractivity (Wildman–Crippen MR) is 75.0 cm³/mol. The molecule has 1 nitrogen and oxygen atoms in total. The van der Waals surface area contributed by atoms with Gasteiger partial charge in [-0.2, -0.15) is 0 Å². The lowest BCUT2D eigenvalue weighted by Gasteiger charge is -2.08. The number of nitrogens with two attached hydrogens (primary N) is 1. The molecule has 0 aliphatic carbocycles. The second-order valence-electron chi connectivity index (χ2n) is 4.43. The molecule has 4 heteroatoms. The van der Waals surface area contributed by atoms with E-state index in [1.165, 1.54) is 23.9 Å². The van der Waals surface area contributed by atoms with Gasteiger partial charge < -0.3 is 5.73 Å². The van der Waals surface area contributed by atoms with Crippen LogP contribution in [0.25, 0.3) is 0 Å². The molecular weight excluding hydrogens is 264 g/mol. The van der Waals surface area contributed by atoms with Crippen LogP contribution in [-0.4, -0.2) is 0 Å². The summed E-state index contributed by atoms with van der Waals surface area (Å²) < 4.78 is 26.1. The second-order valence-corrected chi connectivity index (χ2v) is 5.48. The van der Waals surface area contributed by atoms with Crippen LogP contribution in [0.2, 0.25) is 0 Å². The van der Waals surface area contributed by atoms with Gasteiger partial charge in [0, 0.05) is 22.8 Å². The van der Waals surface area contributed by atoms with Gasteiger partial charge in [0.25, 0.3) is 0 Å². The van der Waals surface area contributed by atoms with Gasteiger partial charge in [-0.15, -0.1) is 11.8 Å². The van der Waals surface area contributed by atoms with E-state index in [1.54, 1.807) is 0 Å². The number of hydrogen-bond donors (Lipinski definition) is 1. The van der Waals surface area contributed by atoms with Crippen LogP contribution in [0.4, 0.5) is 8.78 Å². The Balaban J connectivity index is 2.07. The molecule has 0 heterocycles. The Labute approximate surface area is 115 Å². The Morgan fingerprint density at radius 3 is 2.42 bits per heavy atom. The molecule has 0 radical (unpaired) electrons. The average Bonchev–Trinajstić information content (AvgIpc) is 2.35. The Kier molecular flexibility index (Phi) is 4.56. The molecule has 0 fully saturated rings. The summed E-state index contributed by atoms with van der Waals surface area (Å²) in [6, 6.07) is 11.4. The highest BCUT2D eigenvalue weighted by Gasteiger charge is 2.04. The summed E-state index contributed by atoms with van der Waals surface area (Å²) in [5, 5.41) is 0. The summed E-state index contributed by atoms with van der Waals surface area (Å²) in [5.41, 5.74) is 7.51. The first-order valence-corrected chi connectivity index (χ1v) is 6.96. The number of rotatable bonds is 4. The van der Waals surface area contributed by atoms with Crippen LogP contribution in [0.5, 0.6) is 0 Å². The normalized spacial score (nSPS) is 12.4. The molecule has 0 aliphatic heterocycles. The van der Waals surface area contributed by atoms with Crippen molar-refractivity contribution in [2.75, 3.05) is 0 Å². The SMILES string of the molecule is CC(N)c1cccc(SCc2cc(F)cc(F)c2)c1. The molecule has 0 bridgehead atoms. The molecule has 2 aromatic rings. The van der Waals surface area contributed by atoms with Crippen LogP contribution < -0.4 is 5.73 Å². The maximum absolute atomic E-state index is 13.1. The van der Waals surface area contributed by atoms with E-state index in [-0.39, 0.29) is 6.04 Å². The fraction of sp³-hybridized carbons (Fsp3) is 0.200. The Hall–Kier alpha value is -1.39. The zero-order valence-electron chi connectivity index (χ0n) is 10.6. The van der Waals surface area contributed by atoms with Crippen molar-refractivity contribution >= 4 is 11.8 Å². The molecular formula is C15H15F2NS. The lowest BCUT2D eigenvalue weighted by molar-refractivity contribution is 0.581. The number of halogens is 2. The van der Waals surface area contributed by atoms with E-state index in [4.69, 9.17) is 5.73 Å². The molecule has 0 saturated carbocycles. The minimum Gasteiger partial charge on any atom is -0.324 e. The summed E-state index contributed by atoms with van der Waals surface area (Å²) in [5.74, 6) is -0.559. The number of hydrogen-bond acceptors (Lipinski definition) is 2. The molecule has 0 saturated heterocycles. The first-order chi connectivity index (χ1) is 9.04. The molecule has 19 heavy (non-hydrogen) atoms. The third kappa shape index (κ3) is 4.04. The van der Waals surface area contributed by atoms with Crippen molar-refractivity contribution in [3.8, 4) is 0 Å². The molecule has 1 unspecified atom stereocenters. The third-order valence-corrected chi connectivity index (χ3v) is 3.78. The van der Waals surface area contributed by atoms with Crippen molar-refractivity contribution in [3.63, 3.8) is 0 Å². The van der Waals surface area contributed by atoms with Gasteiger partial charge in [0.15, 0.2) is 0 Å². The van der Waals surface area contributed by atoms with Crippen molar-refractivity contribution in [2.45, 2.75) is 23.6 Å². The van der Waals surface area contributed by atoms with E-state index in [0.717, 1.165) is 16.5 Å². The molecule has 100 valence electrons. The highest BCUT2D eigenvalue weighted by atomic mass is 32.2. The topological polar surface area (TPSA) is 26.0 Å². The van der Waals surface area contributed by atoms with E-state index in [2.05, 4.69) is 0 Å². The summed E-state index contributed by atoms with van der Waals surface area (Å²) in [6.45, 7) is 1.92. The smallest absolute Gasteiger partial charge is 0.126 e. The number of thioether (sulfide) groups is 1. The highest BCUT2D eigenvalue weighted by molar-refractivity contribution is 7.98. The maximum atomic E-state index is 13.1. The second kappa shape index (κ2) is 6.17. The van der Waals surface area contributed by atoms with E-state index < -0.39 is 11.6 Å². The summed E-state index contributed by atoms with van der Waals surface area (Å²) >= 11 is 1.53. The van der Waals surface area contributed by atoms with E-state index in [1.807, 2.05) is 31.2 Å². The van der Waals surface area contributed by atoms with Crippen molar-refractivity contribution in [1.82, 2.24) is 0 Å². The van der Waals surface area contributed by atoms with Gasteiger partial charge in [-0.25, -0.2) is 8.78 Å². The zero-order valence-corrected chi connectivity index (χ0v) is 11.4. The fourth-order valence-corrected chi connectivity index (χ4v) is 2.64. The average molecular weight is 279 g/mol. The molecule has 0 aliphatic rings. The lowest BCUT2D eigenvalue weighted by Crippen LogP contribution is -2.04. The quantitative estimate of drug-likeness (QED) is 0.845. The third-order valence-electron chi connectivity index (χ3n) is 2.71. The predicted octanol–water partition coefficient (Wildman–Crippen LogP) is 4.28. The molecule has 2 N–H and O–H groups in total. The summed E-state index contributed by atoms with van der Waals surface area (Å²) in [7, 11) is 0. The molecule has 2 aromatic carbocycles. The first-order valence-electron chi connectivity index (χ1n) is 5.98. The van der Waals surface area contributed by atoms with Crippen LogP contribution in [0.3, 0.4) is 0 Å². The molecule has 0 spiro atoms. The first kappa shape index (κ1) is 14.0. The molecule has 0 aromatic heterocycles. The molecule has 2 rings (SSSR count). The fourth-order valence-electron chi connectivity index (χ4n) is 1.75. The van der Waals surface area contributed by atoms with Gasteiger partial charge in [0.2, 0.25) is 0 Å². The van der Waals surface area contributed by atoms with E-state index >= 15 is 0 Å². The molecule has 0 amide bonds. The largest absolute Gasteiger partial charge is 0.324 e. The summed E-state index contributed by atoms with van der Waals surface area (Å²) in [6.07, 6.45) is 0. The zero-order chi connectivity index (χ0) is 13.8. The van der Waals surface area contributed by atoms with Crippen molar-refractivity contribution < 1.29 is 8.78 Å². The minimum absolute atomic E-state index is 0.0211. The monoisotopic (exact) mass is 279 g/mol. The van der Waals surface area contributed by atoms with E-state index in [9.17, 15) is 8.78 Å². The van der Waals surface area contributed by atoms with Crippen molar-refractivity contribution in [3.05, 3.63) is 65.2 Å². The van der Waals surface area contributed by atoms with Gasteiger partial charge in [-0.05, 0) is 42.3 Å². The number of benzene rings is 2. The van der Waals surface area contributed by atoms with Gasteiger partial charge in [-0.1, -0.05) is 12.1 Å². The van der Waals surface area contributed by atoms with Crippen LogP contribution in [-0.2, 0) is 5.75 Å². The molecule has 1 atom stereocenters. The highest BCUT2D eigenvalue weighted by Crippen LogP contribution is 2.25. The van der Waals surface area contributed by atoms with Gasteiger partial charge in [0.05, 0.1) is 0 Å². The van der Waals surface area contributed by atoms with Crippen molar-refractivity contribution in [1.29, 1.82) is 0 Å². The van der Waals surface area contributed by atoms with Crippen LogP contribution in [0, 0.1) is 11.6 Å². The van der Waals surface area contributed by atoms with Gasteiger partial charge in [0.1, 0.15) is 11.6 Å². The van der Waals surface area contributed by atoms with Crippen LogP contribution in [0.1, 0.15) is 24.1 Å². The Morgan fingerprint density at radius 2 is 1.79 bits per heavy atom. The van der Waals surface area contributed by atoms with E-state index in [0.29, 0.717) is 11.3 Å². The van der Waals surface area contributed by atoms with Gasteiger partial charge in [-0.3, -0.25) is 0 Å². The lowest BCUT2D eigenvalue weighted by atomic mass is 10.1.